The van der Waals surface area contributed by atoms with Gasteiger partial charge < -0.3 is 10.6 Å². The number of hydrogen-bond acceptors (Lipinski definition) is 1. The van der Waals surface area contributed by atoms with E-state index in [0.29, 0.717) is 6.04 Å². The Bertz CT molecular complexity index is 705. The summed E-state index contributed by atoms with van der Waals surface area (Å²) >= 11 is 0. The molecule has 1 atom stereocenters. The average molecular weight is 337 g/mol. The van der Waals surface area contributed by atoms with Gasteiger partial charge in [0, 0.05) is 11.3 Å². The van der Waals surface area contributed by atoms with Gasteiger partial charge in [-0.2, -0.15) is 0 Å². The van der Waals surface area contributed by atoms with Crippen LogP contribution in [-0.2, 0) is 4.79 Å². The summed E-state index contributed by atoms with van der Waals surface area (Å²) in [4.78, 5) is 13.1. The summed E-state index contributed by atoms with van der Waals surface area (Å²) in [5, 5.41) is 5.46. The van der Waals surface area contributed by atoms with Gasteiger partial charge in [0.05, 0.1) is 6.04 Å². The molecule has 1 aliphatic carbocycles. The van der Waals surface area contributed by atoms with Gasteiger partial charge in [-0.1, -0.05) is 48.9 Å². The summed E-state index contributed by atoms with van der Waals surface area (Å²) in [6.45, 7) is 4.09. The fourth-order valence-corrected chi connectivity index (χ4v) is 3.69. The van der Waals surface area contributed by atoms with E-state index in [1.54, 1.807) is 0 Å². The molecule has 0 radical (unpaired) electrons. The summed E-state index contributed by atoms with van der Waals surface area (Å²) < 4.78 is 0. The van der Waals surface area contributed by atoms with Crippen molar-refractivity contribution in [3.8, 4) is 0 Å². The maximum atomic E-state index is 13.1. The predicted molar refractivity (Wildman–Crippen MR) is 103 cm³/mol. The molecule has 0 unspecified atom stereocenters. The summed E-state index contributed by atoms with van der Waals surface area (Å²) in [6.07, 6.45) is 6.30. The Morgan fingerprint density at radius 3 is 2.48 bits per heavy atom. The van der Waals surface area contributed by atoms with Crippen LogP contribution in [0.2, 0.25) is 0 Å². The van der Waals surface area contributed by atoms with Gasteiger partial charge in [-0.05, 0) is 56.7 Å². The highest BCUT2D eigenvalue weighted by molar-refractivity contribution is 5.95. The Hall–Kier alpha value is -2.13. The summed E-state index contributed by atoms with van der Waals surface area (Å²) in [7, 11) is 0. The molecule has 2 aromatic rings. The van der Waals surface area contributed by atoms with Crippen molar-refractivity contribution in [2.75, 3.05) is 5.32 Å². The first-order valence-electron chi connectivity index (χ1n) is 9.41. The molecule has 25 heavy (non-hydrogen) atoms. The van der Waals surface area contributed by atoms with E-state index in [1.807, 2.05) is 25.1 Å². The van der Waals surface area contributed by atoms with E-state index >= 15 is 0 Å². The third-order valence-corrected chi connectivity index (χ3v) is 5.21. The molecule has 1 fully saturated rings. The largest absolute Gasteiger partial charge is 0.330 e. The SMILES string of the molecule is Cc1ccc(C)c(NC(=O)[C@H]([NH2+]C2CCCCC2)c2ccccc2)c1. The standard InChI is InChI=1S/C22H28N2O/c1-16-13-14-17(2)20(15-16)24-22(25)21(18-9-5-3-6-10-18)23-19-11-7-4-8-12-19/h3,5-6,9-10,13-15,19,21,23H,4,7-8,11-12H2,1-2H3,(H,24,25)/p+1/t21-/m1/s1. The van der Waals surface area contributed by atoms with Gasteiger partial charge in [-0.3, -0.25) is 4.79 Å². The number of hydrogen-bond donors (Lipinski definition) is 2. The van der Waals surface area contributed by atoms with Crippen LogP contribution in [0.4, 0.5) is 5.69 Å². The number of amides is 1. The number of rotatable bonds is 5. The fraction of sp³-hybridized carbons (Fsp3) is 0.409. The van der Waals surface area contributed by atoms with Gasteiger partial charge in [-0.15, -0.1) is 0 Å². The minimum atomic E-state index is -0.191. The average Bonchev–Trinajstić information content (AvgIpc) is 2.64. The molecule has 1 saturated carbocycles. The third kappa shape index (κ3) is 4.70. The van der Waals surface area contributed by atoms with Gasteiger partial charge in [0.1, 0.15) is 0 Å². The van der Waals surface area contributed by atoms with Crippen LogP contribution in [0.1, 0.15) is 54.8 Å². The fourth-order valence-electron chi connectivity index (χ4n) is 3.69. The van der Waals surface area contributed by atoms with Gasteiger partial charge in [0.25, 0.3) is 5.91 Å². The Labute approximate surface area is 150 Å². The lowest BCUT2D eigenvalue weighted by atomic mass is 9.93. The highest BCUT2D eigenvalue weighted by Gasteiger charge is 2.29. The molecular weight excluding hydrogens is 308 g/mol. The predicted octanol–water partition coefficient (Wildman–Crippen LogP) is 3.88. The van der Waals surface area contributed by atoms with Crippen molar-refractivity contribution in [2.24, 2.45) is 0 Å². The third-order valence-electron chi connectivity index (χ3n) is 5.21. The number of carbonyl (C=O) groups is 1. The van der Waals surface area contributed by atoms with Crippen LogP contribution in [0.15, 0.2) is 48.5 Å². The van der Waals surface area contributed by atoms with E-state index in [-0.39, 0.29) is 11.9 Å². The van der Waals surface area contributed by atoms with E-state index in [9.17, 15) is 4.79 Å². The number of anilines is 1. The summed E-state index contributed by atoms with van der Waals surface area (Å²) in [6, 6.07) is 16.7. The number of quaternary nitrogens is 1. The van der Waals surface area contributed by atoms with Crippen molar-refractivity contribution >= 4 is 11.6 Å². The van der Waals surface area contributed by atoms with Gasteiger partial charge in [0.15, 0.2) is 6.04 Å². The van der Waals surface area contributed by atoms with Crippen LogP contribution in [0.5, 0.6) is 0 Å². The number of nitrogens with one attached hydrogen (secondary N) is 1. The zero-order valence-electron chi connectivity index (χ0n) is 15.3. The van der Waals surface area contributed by atoms with E-state index in [1.165, 1.54) is 32.1 Å². The highest BCUT2D eigenvalue weighted by Crippen LogP contribution is 2.20. The molecule has 1 aliphatic rings. The highest BCUT2D eigenvalue weighted by atomic mass is 16.2. The summed E-state index contributed by atoms with van der Waals surface area (Å²) in [5.74, 6) is 0.0745. The Morgan fingerprint density at radius 2 is 1.76 bits per heavy atom. The van der Waals surface area contributed by atoms with Gasteiger partial charge >= 0.3 is 0 Å². The Kier molecular flexibility index (Phi) is 5.87. The summed E-state index contributed by atoms with van der Waals surface area (Å²) in [5.41, 5.74) is 4.26. The zero-order chi connectivity index (χ0) is 17.6. The second-order valence-electron chi connectivity index (χ2n) is 7.29. The minimum absolute atomic E-state index is 0.0745. The molecule has 3 heteroatoms. The monoisotopic (exact) mass is 337 g/mol. The molecule has 2 aromatic carbocycles. The number of nitrogens with two attached hydrogens (primary N) is 1. The molecule has 3 nitrogen and oxygen atoms in total. The molecule has 3 rings (SSSR count). The van der Waals surface area contributed by atoms with Gasteiger partial charge in [-0.25, -0.2) is 0 Å². The lowest BCUT2D eigenvalue weighted by Crippen LogP contribution is -2.92. The molecule has 3 N–H and O–H groups in total. The lowest BCUT2D eigenvalue weighted by molar-refractivity contribution is -0.717. The second-order valence-corrected chi connectivity index (χ2v) is 7.29. The molecule has 132 valence electrons. The molecule has 0 spiro atoms. The first-order valence-corrected chi connectivity index (χ1v) is 9.41. The lowest BCUT2D eigenvalue weighted by Gasteiger charge is -2.25. The quantitative estimate of drug-likeness (QED) is 0.854. The van der Waals surface area contributed by atoms with Crippen LogP contribution in [-0.4, -0.2) is 11.9 Å². The molecular formula is C22H29N2O+. The first-order chi connectivity index (χ1) is 12.1. The van der Waals surface area contributed by atoms with E-state index in [0.717, 1.165) is 22.4 Å². The van der Waals surface area contributed by atoms with Crippen molar-refractivity contribution in [1.29, 1.82) is 0 Å². The normalized spacial score (nSPS) is 16.4. The van der Waals surface area contributed by atoms with Crippen molar-refractivity contribution in [1.82, 2.24) is 0 Å². The van der Waals surface area contributed by atoms with Crippen LogP contribution in [0, 0.1) is 13.8 Å². The van der Waals surface area contributed by atoms with Crippen LogP contribution in [0.3, 0.4) is 0 Å². The zero-order valence-corrected chi connectivity index (χ0v) is 15.3. The van der Waals surface area contributed by atoms with E-state index in [4.69, 9.17) is 0 Å². The van der Waals surface area contributed by atoms with E-state index in [2.05, 4.69) is 47.9 Å². The number of carbonyl (C=O) groups excluding carboxylic acids is 1. The molecule has 0 aliphatic heterocycles. The second kappa shape index (κ2) is 8.30. The molecule has 1 amide bonds. The number of aryl methyl sites for hydroxylation is 2. The van der Waals surface area contributed by atoms with Gasteiger partial charge in [0.2, 0.25) is 0 Å². The Morgan fingerprint density at radius 1 is 1.04 bits per heavy atom. The smallest absolute Gasteiger partial charge is 0.287 e. The van der Waals surface area contributed by atoms with E-state index < -0.39 is 0 Å². The van der Waals surface area contributed by atoms with Crippen molar-refractivity contribution in [2.45, 2.75) is 58.0 Å². The topological polar surface area (TPSA) is 45.7 Å². The molecule has 0 heterocycles. The molecule has 0 aromatic heterocycles. The molecule has 0 saturated heterocycles. The maximum absolute atomic E-state index is 13.1. The number of benzene rings is 2. The van der Waals surface area contributed by atoms with Crippen LogP contribution in [0.25, 0.3) is 0 Å². The van der Waals surface area contributed by atoms with Crippen LogP contribution >= 0.6 is 0 Å². The molecule has 0 bridgehead atoms. The van der Waals surface area contributed by atoms with Crippen LogP contribution < -0.4 is 10.6 Å². The van der Waals surface area contributed by atoms with Crippen molar-refractivity contribution < 1.29 is 10.1 Å². The minimum Gasteiger partial charge on any atom is -0.330 e. The first kappa shape index (κ1) is 17.7. The van der Waals surface area contributed by atoms with Crippen molar-refractivity contribution in [3.63, 3.8) is 0 Å². The maximum Gasteiger partial charge on any atom is 0.287 e. The van der Waals surface area contributed by atoms with Crippen molar-refractivity contribution in [3.05, 3.63) is 65.2 Å². The Balaban J connectivity index is 1.80.